The zero-order valence-corrected chi connectivity index (χ0v) is 22.7. The van der Waals surface area contributed by atoms with Gasteiger partial charge < -0.3 is 24.6 Å². The molecule has 1 aromatic heterocycles. The molecule has 1 fully saturated rings. The maximum atomic E-state index is 6.16. The van der Waals surface area contributed by atoms with Crippen molar-refractivity contribution in [3.8, 4) is 5.75 Å². The van der Waals surface area contributed by atoms with Crippen molar-refractivity contribution in [1.82, 2.24) is 15.8 Å². The van der Waals surface area contributed by atoms with Gasteiger partial charge in [0.05, 0.1) is 32.0 Å². The quantitative estimate of drug-likeness (QED) is 0.220. The minimum atomic E-state index is 0. The number of halogens is 1. The molecule has 7 nitrogen and oxygen atoms in total. The molecule has 8 heteroatoms. The normalized spacial score (nSPS) is 16.0. The summed E-state index contributed by atoms with van der Waals surface area (Å²) >= 11 is 0. The van der Waals surface area contributed by atoms with Gasteiger partial charge >= 0.3 is 0 Å². The van der Waals surface area contributed by atoms with Crippen LogP contribution in [0.4, 0.5) is 0 Å². The number of nitrogens with zero attached hydrogens (tertiary/aromatic N) is 2. The number of aryl methyl sites for hydroxylation is 1. The standard InChI is InChI=1S/C25H38N4O3.HI/c1-5-20(6-2)23-13-22(32-29-23)15-28-25(26-7-3)27-14-21-9-8-18(4)12-24(21)31-17-19-10-11-30-16-19;/h8-9,12-13,19-20H,5-7,10-11,14-17H2,1-4H3,(H2,26,27,28);1H. The molecule has 1 aliphatic rings. The first-order chi connectivity index (χ1) is 15.6. The van der Waals surface area contributed by atoms with Gasteiger partial charge in [-0.3, -0.25) is 0 Å². The van der Waals surface area contributed by atoms with E-state index in [-0.39, 0.29) is 24.0 Å². The van der Waals surface area contributed by atoms with Crippen LogP contribution in [0.1, 0.15) is 68.5 Å². The lowest BCUT2D eigenvalue weighted by Crippen LogP contribution is -2.36. The third-order valence-corrected chi connectivity index (χ3v) is 5.88. The molecule has 0 spiro atoms. The summed E-state index contributed by atoms with van der Waals surface area (Å²) in [5.41, 5.74) is 3.28. The summed E-state index contributed by atoms with van der Waals surface area (Å²) in [7, 11) is 0. The van der Waals surface area contributed by atoms with Crippen molar-refractivity contribution in [2.75, 3.05) is 26.4 Å². The molecule has 2 N–H and O–H groups in total. The second-order valence-corrected chi connectivity index (χ2v) is 8.43. The first kappa shape index (κ1) is 27.4. The van der Waals surface area contributed by atoms with E-state index in [0.717, 1.165) is 67.7 Å². The third kappa shape index (κ3) is 8.48. The number of rotatable bonds is 11. The summed E-state index contributed by atoms with van der Waals surface area (Å²) in [4.78, 5) is 4.77. The fourth-order valence-electron chi connectivity index (χ4n) is 3.84. The minimum absolute atomic E-state index is 0. The van der Waals surface area contributed by atoms with Crippen molar-refractivity contribution in [3.63, 3.8) is 0 Å². The van der Waals surface area contributed by atoms with Crippen LogP contribution in [0.3, 0.4) is 0 Å². The Labute approximate surface area is 215 Å². The zero-order chi connectivity index (χ0) is 22.8. The van der Waals surface area contributed by atoms with Crippen LogP contribution in [0, 0.1) is 12.8 Å². The van der Waals surface area contributed by atoms with Gasteiger partial charge in [-0.05, 0) is 44.7 Å². The fraction of sp³-hybridized carbons (Fsp3) is 0.600. The maximum absolute atomic E-state index is 6.16. The second kappa shape index (κ2) is 14.5. The zero-order valence-electron chi connectivity index (χ0n) is 20.4. The Morgan fingerprint density at radius 3 is 2.73 bits per heavy atom. The molecule has 1 aromatic carbocycles. The molecule has 0 aliphatic carbocycles. The molecule has 0 amide bonds. The maximum Gasteiger partial charge on any atom is 0.191 e. The van der Waals surface area contributed by atoms with Crippen LogP contribution in [0.2, 0.25) is 0 Å². The van der Waals surface area contributed by atoms with E-state index in [1.165, 1.54) is 5.56 Å². The molecule has 1 saturated heterocycles. The Morgan fingerprint density at radius 2 is 2.03 bits per heavy atom. The van der Waals surface area contributed by atoms with E-state index in [1.807, 2.05) is 6.07 Å². The van der Waals surface area contributed by atoms with E-state index in [4.69, 9.17) is 19.0 Å². The van der Waals surface area contributed by atoms with Gasteiger partial charge in [0.15, 0.2) is 11.7 Å². The highest BCUT2D eigenvalue weighted by atomic mass is 127. The van der Waals surface area contributed by atoms with Crippen molar-refractivity contribution >= 4 is 29.9 Å². The monoisotopic (exact) mass is 570 g/mol. The van der Waals surface area contributed by atoms with Gasteiger partial charge in [0.1, 0.15) is 5.75 Å². The summed E-state index contributed by atoms with van der Waals surface area (Å²) in [5, 5.41) is 10.9. The van der Waals surface area contributed by atoms with Gasteiger partial charge in [-0.1, -0.05) is 31.1 Å². The highest BCUT2D eigenvalue weighted by Gasteiger charge is 2.17. The van der Waals surface area contributed by atoms with E-state index >= 15 is 0 Å². The summed E-state index contributed by atoms with van der Waals surface area (Å²) in [6.07, 6.45) is 3.19. The minimum Gasteiger partial charge on any atom is -0.493 e. The topological polar surface area (TPSA) is 80.9 Å². The van der Waals surface area contributed by atoms with Gasteiger partial charge in [-0.15, -0.1) is 24.0 Å². The lowest BCUT2D eigenvalue weighted by molar-refractivity contribution is 0.166. The molecule has 1 atom stereocenters. The lowest BCUT2D eigenvalue weighted by atomic mass is 9.99. The lowest BCUT2D eigenvalue weighted by Gasteiger charge is -2.15. The van der Waals surface area contributed by atoms with Crippen LogP contribution in [-0.4, -0.2) is 37.5 Å². The number of hydrogen-bond acceptors (Lipinski definition) is 5. The highest BCUT2D eigenvalue weighted by molar-refractivity contribution is 14.0. The molecular weight excluding hydrogens is 531 g/mol. The SMILES string of the molecule is CCNC(=NCc1ccc(C)cc1OCC1CCOC1)NCc1cc(C(CC)CC)no1.I. The summed E-state index contributed by atoms with van der Waals surface area (Å²) in [6.45, 7) is 12.7. The van der Waals surface area contributed by atoms with Gasteiger partial charge in [0, 0.05) is 36.6 Å². The largest absolute Gasteiger partial charge is 0.493 e. The van der Waals surface area contributed by atoms with Crippen molar-refractivity contribution in [2.24, 2.45) is 10.9 Å². The molecule has 0 radical (unpaired) electrons. The number of aliphatic imine (C=N–C) groups is 1. The van der Waals surface area contributed by atoms with Crippen molar-refractivity contribution in [2.45, 2.75) is 66.0 Å². The summed E-state index contributed by atoms with van der Waals surface area (Å²) in [6, 6.07) is 8.34. The number of ether oxygens (including phenoxy) is 2. The number of nitrogens with one attached hydrogen (secondary N) is 2. The first-order valence-electron chi connectivity index (χ1n) is 11.9. The summed E-state index contributed by atoms with van der Waals surface area (Å²) < 4.78 is 17.1. The van der Waals surface area contributed by atoms with E-state index in [9.17, 15) is 0 Å². The van der Waals surface area contributed by atoms with Crippen LogP contribution in [0.15, 0.2) is 33.8 Å². The van der Waals surface area contributed by atoms with E-state index < -0.39 is 0 Å². The van der Waals surface area contributed by atoms with Crippen molar-refractivity contribution < 1.29 is 14.0 Å². The van der Waals surface area contributed by atoms with Crippen LogP contribution >= 0.6 is 24.0 Å². The molecule has 0 bridgehead atoms. The Morgan fingerprint density at radius 1 is 1.21 bits per heavy atom. The average molecular weight is 571 g/mol. The molecular formula is C25H39IN4O3. The predicted molar refractivity (Wildman–Crippen MR) is 142 cm³/mol. The van der Waals surface area contributed by atoms with Crippen LogP contribution in [0.25, 0.3) is 0 Å². The van der Waals surface area contributed by atoms with Gasteiger partial charge in [-0.25, -0.2) is 4.99 Å². The Kier molecular flexibility index (Phi) is 12.0. The van der Waals surface area contributed by atoms with E-state index in [1.54, 1.807) is 0 Å². The predicted octanol–water partition coefficient (Wildman–Crippen LogP) is 5.18. The summed E-state index contributed by atoms with van der Waals surface area (Å²) in [5.74, 6) is 3.38. The number of aromatic nitrogens is 1. The van der Waals surface area contributed by atoms with Gasteiger partial charge in [0.25, 0.3) is 0 Å². The third-order valence-electron chi connectivity index (χ3n) is 5.88. The van der Waals surface area contributed by atoms with Crippen LogP contribution < -0.4 is 15.4 Å². The Bertz CT molecular complexity index is 861. The van der Waals surface area contributed by atoms with Gasteiger partial charge in [0.2, 0.25) is 0 Å². The van der Waals surface area contributed by atoms with Crippen molar-refractivity contribution in [3.05, 3.63) is 46.8 Å². The van der Waals surface area contributed by atoms with E-state index in [2.05, 4.69) is 61.7 Å². The molecule has 2 aromatic rings. The van der Waals surface area contributed by atoms with Crippen molar-refractivity contribution in [1.29, 1.82) is 0 Å². The number of hydrogen-bond donors (Lipinski definition) is 2. The fourth-order valence-corrected chi connectivity index (χ4v) is 3.84. The van der Waals surface area contributed by atoms with E-state index in [0.29, 0.717) is 31.5 Å². The molecule has 2 heterocycles. The highest BCUT2D eigenvalue weighted by Crippen LogP contribution is 2.24. The van der Waals surface area contributed by atoms with Crippen LogP contribution in [0.5, 0.6) is 5.75 Å². The molecule has 184 valence electrons. The second-order valence-electron chi connectivity index (χ2n) is 8.43. The molecule has 33 heavy (non-hydrogen) atoms. The number of guanidine groups is 1. The average Bonchev–Trinajstić information content (AvgIpc) is 3.48. The molecule has 0 saturated carbocycles. The van der Waals surface area contributed by atoms with Crippen LogP contribution in [-0.2, 0) is 17.8 Å². The first-order valence-corrected chi connectivity index (χ1v) is 11.9. The molecule has 1 aliphatic heterocycles. The van der Waals surface area contributed by atoms with Gasteiger partial charge in [-0.2, -0.15) is 0 Å². The smallest absolute Gasteiger partial charge is 0.191 e. The molecule has 3 rings (SSSR count). The molecule has 1 unspecified atom stereocenters. The number of benzene rings is 1. The Hall–Kier alpha value is -1.81. The Balaban J connectivity index is 0.00000385.